The predicted molar refractivity (Wildman–Crippen MR) is 76.9 cm³/mol. The zero-order valence-corrected chi connectivity index (χ0v) is 11.6. The van der Waals surface area contributed by atoms with Gasteiger partial charge in [0.05, 0.1) is 0 Å². The fourth-order valence-electron chi connectivity index (χ4n) is 2.73. The summed E-state index contributed by atoms with van der Waals surface area (Å²) in [4.78, 5) is 18.7. The Kier molecular flexibility index (Phi) is 3.54. The van der Waals surface area contributed by atoms with Gasteiger partial charge >= 0.3 is 0 Å². The van der Waals surface area contributed by atoms with E-state index in [1.807, 2.05) is 30.0 Å². The molecule has 0 fully saturated rings. The SMILES string of the molecule is CCc1ocnc1C(=O)N1CCCCc2ccccc21. The van der Waals surface area contributed by atoms with Crippen molar-refractivity contribution in [3.63, 3.8) is 0 Å². The molecule has 1 amide bonds. The van der Waals surface area contributed by atoms with Crippen LogP contribution in [0.25, 0.3) is 0 Å². The molecule has 3 rings (SSSR count). The second-order valence-electron chi connectivity index (χ2n) is 5.02. The van der Waals surface area contributed by atoms with Crippen molar-refractivity contribution < 1.29 is 9.21 Å². The molecule has 1 aromatic heterocycles. The van der Waals surface area contributed by atoms with Crippen molar-refractivity contribution in [2.75, 3.05) is 11.4 Å². The van der Waals surface area contributed by atoms with E-state index >= 15 is 0 Å². The molecule has 0 unspecified atom stereocenters. The molecule has 0 spiro atoms. The molecule has 0 atom stereocenters. The van der Waals surface area contributed by atoms with Gasteiger partial charge in [0.2, 0.25) is 0 Å². The van der Waals surface area contributed by atoms with E-state index in [-0.39, 0.29) is 5.91 Å². The van der Waals surface area contributed by atoms with Crippen molar-refractivity contribution in [2.45, 2.75) is 32.6 Å². The van der Waals surface area contributed by atoms with Gasteiger partial charge in [-0.2, -0.15) is 0 Å². The lowest BCUT2D eigenvalue weighted by Crippen LogP contribution is -2.32. The first kappa shape index (κ1) is 12.9. The summed E-state index contributed by atoms with van der Waals surface area (Å²) in [5.74, 6) is 0.613. The molecule has 1 aromatic carbocycles. The van der Waals surface area contributed by atoms with Crippen LogP contribution in [0.5, 0.6) is 0 Å². The summed E-state index contributed by atoms with van der Waals surface area (Å²) >= 11 is 0. The first-order valence-corrected chi connectivity index (χ1v) is 7.13. The highest BCUT2D eigenvalue weighted by Gasteiger charge is 2.25. The Morgan fingerprint density at radius 1 is 1.35 bits per heavy atom. The summed E-state index contributed by atoms with van der Waals surface area (Å²) in [6, 6.07) is 8.13. The van der Waals surface area contributed by atoms with Crippen molar-refractivity contribution in [3.8, 4) is 0 Å². The highest BCUT2D eigenvalue weighted by Crippen LogP contribution is 2.27. The van der Waals surface area contributed by atoms with E-state index < -0.39 is 0 Å². The molecule has 104 valence electrons. The second kappa shape index (κ2) is 5.49. The monoisotopic (exact) mass is 270 g/mol. The van der Waals surface area contributed by atoms with E-state index in [9.17, 15) is 4.79 Å². The number of anilines is 1. The Morgan fingerprint density at radius 2 is 2.20 bits per heavy atom. The first-order chi connectivity index (χ1) is 9.81. The van der Waals surface area contributed by atoms with Crippen molar-refractivity contribution >= 4 is 11.6 Å². The van der Waals surface area contributed by atoms with Gasteiger partial charge in [-0.25, -0.2) is 4.98 Å². The summed E-state index contributed by atoms with van der Waals surface area (Å²) in [5.41, 5.74) is 2.70. The number of nitrogens with zero attached hydrogens (tertiary/aromatic N) is 2. The minimum Gasteiger partial charge on any atom is -0.448 e. The summed E-state index contributed by atoms with van der Waals surface area (Å²) in [5, 5.41) is 0. The lowest BCUT2D eigenvalue weighted by Gasteiger charge is -2.22. The van der Waals surface area contributed by atoms with Gasteiger partial charge in [-0.05, 0) is 30.9 Å². The number of amides is 1. The van der Waals surface area contributed by atoms with Crippen LogP contribution in [0.15, 0.2) is 35.1 Å². The van der Waals surface area contributed by atoms with Crippen LogP contribution in [0.1, 0.15) is 41.6 Å². The average Bonchev–Trinajstić information content (AvgIpc) is 2.86. The van der Waals surface area contributed by atoms with E-state index in [0.29, 0.717) is 17.9 Å². The Morgan fingerprint density at radius 3 is 3.05 bits per heavy atom. The molecule has 2 aromatic rings. The van der Waals surface area contributed by atoms with E-state index in [1.165, 1.54) is 12.0 Å². The Bertz CT molecular complexity index is 618. The van der Waals surface area contributed by atoms with Crippen LogP contribution in [0, 0.1) is 0 Å². The molecule has 0 aliphatic carbocycles. The number of para-hydroxylation sites is 1. The summed E-state index contributed by atoms with van der Waals surface area (Å²) in [6.07, 6.45) is 5.19. The molecule has 1 aliphatic heterocycles. The van der Waals surface area contributed by atoms with Crippen molar-refractivity contribution in [1.82, 2.24) is 4.98 Å². The number of oxazole rings is 1. The molecule has 20 heavy (non-hydrogen) atoms. The van der Waals surface area contributed by atoms with Crippen LogP contribution >= 0.6 is 0 Å². The minimum atomic E-state index is -0.0510. The molecular weight excluding hydrogens is 252 g/mol. The van der Waals surface area contributed by atoms with Gasteiger partial charge in [-0.3, -0.25) is 4.79 Å². The zero-order valence-electron chi connectivity index (χ0n) is 11.6. The summed E-state index contributed by atoms with van der Waals surface area (Å²) < 4.78 is 5.29. The minimum absolute atomic E-state index is 0.0510. The molecule has 0 saturated carbocycles. The highest BCUT2D eigenvalue weighted by molar-refractivity contribution is 6.05. The molecule has 0 saturated heterocycles. The van der Waals surface area contributed by atoms with Gasteiger partial charge in [-0.15, -0.1) is 0 Å². The van der Waals surface area contributed by atoms with E-state index in [1.54, 1.807) is 0 Å². The van der Waals surface area contributed by atoms with E-state index in [4.69, 9.17) is 4.42 Å². The van der Waals surface area contributed by atoms with Crippen molar-refractivity contribution in [3.05, 3.63) is 47.7 Å². The Balaban J connectivity index is 1.99. The lowest BCUT2D eigenvalue weighted by molar-refractivity contribution is 0.0981. The summed E-state index contributed by atoms with van der Waals surface area (Å²) in [6.45, 7) is 2.71. The van der Waals surface area contributed by atoms with Crippen LogP contribution in [0.4, 0.5) is 5.69 Å². The molecule has 0 radical (unpaired) electrons. The zero-order chi connectivity index (χ0) is 13.9. The van der Waals surface area contributed by atoms with Gasteiger partial charge in [0, 0.05) is 18.7 Å². The fourth-order valence-corrected chi connectivity index (χ4v) is 2.73. The molecule has 0 bridgehead atoms. The number of carbonyl (C=O) groups excluding carboxylic acids is 1. The molecule has 4 nitrogen and oxygen atoms in total. The standard InChI is InChI=1S/C16H18N2O2/c1-2-14-15(17-11-20-14)16(19)18-10-6-5-8-12-7-3-4-9-13(12)18/h3-4,7,9,11H,2,5-6,8,10H2,1H3. The van der Waals surface area contributed by atoms with Crippen molar-refractivity contribution in [2.24, 2.45) is 0 Å². The van der Waals surface area contributed by atoms with Crippen LogP contribution in [0.2, 0.25) is 0 Å². The second-order valence-corrected chi connectivity index (χ2v) is 5.02. The van der Waals surface area contributed by atoms with Gasteiger partial charge in [-0.1, -0.05) is 25.1 Å². The lowest BCUT2D eigenvalue weighted by atomic mass is 10.1. The maximum Gasteiger partial charge on any atom is 0.280 e. The van der Waals surface area contributed by atoms with Gasteiger partial charge in [0.25, 0.3) is 5.91 Å². The quantitative estimate of drug-likeness (QED) is 0.841. The molecule has 0 N–H and O–H groups in total. The number of benzene rings is 1. The fraction of sp³-hybridized carbons (Fsp3) is 0.375. The third-order valence-electron chi connectivity index (χ3n) is 3.77. The Labute approximate surface area is 118 Å². The van der Waals surface area contributed by atoms with Crippen LogP contribution in [-0.2, 0) is 12.8 Å². The van der Waals surface area contributed by atoms with Crippen LogP contribution in [-0.4, -0.2) is 17.4 Å². The van der Waals surface area contributed by atoms with Crippen molar-refractivity contribution in [1.29, 1.82) is 0 Å². The maximum absolute atomic E-state index is 12.8. The number of rotatable bonds is 2. The van der Waals surface area contributed by atoms with Crippen LogP contribution in [0.3, 0.4) is 0 Å². The van der Waals surface area contributed by atoms with Gasteiger partial charge in [0.1, 0.15) is 5.76 Å². The third-order valence-corrected chi connectivity index (χ3v) is 3.77. The molecule has 2 heterocycles. The average molecular weight is 270 g/mol. The number of aryl methyl sites for hydroxylation is 2. The topological polar surface area (TPSA) is 46.3 Å². The molecule has 4 heteroatoms. The largest absolute Gasteiger partial charge is 0.448 e. The Hall–Kier alpha value is -2.10. The van der Waals surface area contributed by atoms with Gasteiger partial charge < -0.3 is 9.32 Å². The van der Waals surface area contributed by atoms with E-state index in [2.05, 4.69) is 11.1 Å². The predicted octanol–water partition coefficient (Wildman–Crippen LogP) is 3.22. The first-order valence-electron chi connectivity index (χ1n) is 7.13. The smallest absolute Gasteiger partial charge is 0.280 e. The number of fused-ring (bicyclic) bond motifs is 1. The number of aromatic nitrogens is 1. The highest BCUT2D eigenvalue weighted by atomic mass is 16.3. The number of carbonyl (C=O) groups is 1. The normalized spacial score (nSPS) is 14.8. The molecule has 1 aliphatic rings. The number of hydrogen-bond acceptors (Lipinski definition) is 3. The molecular formula is C16H18N2O2. The maximum atomic E-state index is 12.8. The van der Waals surface area contributed by atoms with Crippen LogP contribution < -0.4 is 4.90 Å². The number of hydrogen-bond donors (Lipinski definition) is 0. The van der Waals surface area contributed by atoms with E-state index in [0.717, 1.165) is 31.5 Å². The third kappa shape index (κ3) is 2.22. The van der Waals surface area contributed by atoms with Gasteiger partial charge in [0.15, 0.2) is 12.1 Å². The summed E-state index contributed by atoms with van der Waals surface area (Å²) in [7, 11) is 0.